The minimum Gasteiger partial charge on any atom is -0.462 e. The number of hydrogen-bond acceptors (Lipinski definition) is 4. The second kappa shape index (κ2) is 3.33. The molecule has 4 N–H and O–H groups in total. The maximum Gasteiger partial charge on any atom is 0.392 e. The summed E-state index contributed by atoms with van der Waals surface area (Å²) in [5.74, 6) is 0.786. The number of nitrogen functional groups attached to an aromatic ring is 1. The number of rotatable bonds is 3. The van der Waals surface area contributed by atoms with Crippen LogP contribution in [0, 0.1) is 0 Å². The molecule has 0 fully saturated rings. The molecular weight excluding hydrogens is 182 g/mol. The molecular formula is C8H10N5O+. The lowest BCUT2D eigenvalue weighted by Gasteiger charge is -1.99. The van der Waals surface area contributed by atoms with Crippen LogP contribution >= 0.6 is 0 Å². The molecule has 0 aliphatic rings. The van der Waals surface area contributed by atoms with Crippen molar-refractivity contribution in [3.8, 4) is 5.88 Å². The Morgan fingerprint density at radius 1 is 1.71 bits per heavy atom. The highest BCUT2D eigenvalue weighted by molar-refractivity contribution is 5.74. The lowest BCUT2D eigenvalue weighted by Crippen LogP contribution is -2.17. The van der Waals surface area contributed by atoms with Crippen LogP contribution in [0.2, 0.25) is 0 Å². The fraction of sp³-hybridized carbons (Fsp3) is 0.125. The molecule has 0 bridgehead atoms. The van der Waals surface area contributed by atoms with Crippen LogP contribution in [0.3, 0.4) is 0 Å². The first-order chi connectivity index (χ1) is 6.81. The second-order valence-electron chi connectivity index (χ2n) is 2.65. The summed E-state index contributed by atoms with van der Waals surface area (Å²) in [4.78, 5) is 13.7. The van der Waals surface area contributed by atoms with E-state index in [1.54, 1.807) is 6.08 Å². The van der Waals surface area contributed by atoms with Gasteiger partial charge in [0.15, 0.2) is 5.52 Å². The number of anilines is 1. The smallest absolute Gasteiger partial charge is 0.392 e. The van der Waals surface area contributed by atoms with Crippen molar-refractivity contribution in [2.24, 2.45) is 0 Å². The molecule has 0 amide bonds. The first kappa shape index (κ1) is 8.49. The van der Waals surface area contributed by atoms with E-state index in [1.165, 1.54) is 6.33 Å². The molecule has 2 aromatic rings. The standard InChI is InChI=1S/C8H9N5O/c1-2-3-14-7-5-6(11-4-10-5)12-8(9)13-7/h2,4H,1,3H2,(H3,9,10,11,12,13)/p+1. The molecule has 0 saturated carbocycles. The van der Waals surface area contributed by atoms with E-state index >= 15 is 0 Å². The molecule has 0 atom stereocenters. The van der Waals surface area contributed by atoms with Gasteiger partial charge in [0, 0.05) is 0 Å². The van der Waals surface area contributed by atoms with Crippen molar-refractivity contribution in [2.75, 3.05) is 12.3 Å². The van der Waals surface area contributed by atoms with Crippen LogP contribution in [0.5, 0.6) is 5.88 Å². The number of nitrogens with zero attached hydrogens (tertiary/aromatic N) is 2. The zero-order valence-corrected chi connectivity index (χ0v) is 7.45. The van der Waals surface area contributed by atoms with E-state index in [9.17, 15) is 0 Å². The third-order valence-electron chi connectivity index (χ3n) is 1.66. The van der Waals surface area contributed by atoms with Crippen LogP contribution in [0.15, 0.2) is 19.0 Å². The summed E-state index contributed by atoms with van der Waals surface area (Å²) in [6.45, 7) is 3.95. The number of nitrogens with two attached hydrogens (primary N) is 1. The Bertz CT molecular complexity index is 464. The van der Waals surface area contributed by atoms with E-state index in [0.717, 1.165) is 0 Å². The van der Waals surface area contributed by atoms with Crippen LogP contribution < -0.4 is 15.5 Å². The summed E-state index contributed by atoms with van der Waals surface area (Å²) in [5, 5.41) is 0. The van der Waals surface area contributed by atoms with Gasteiger partial charge in [-0.3, -0.25) is 5.73 Å². The zero-order chi connectivity index (χ0) is 9.97. The molecule has 6 nitrogen and oxygen atoms in total. The number of aromatic nitrogens is 4. The molecule has 72 valence electrons. The van der Waals surface area contributed by atoms with Crippen LogP contribution in [-0.4, -0.2) is 21.6 Å². The van der Waals surface area contributed by atoms with Crippen molar-refractivity contribution in [2.45, 2.75) is 0 Å². The highest BCUT2D eigenvalue weighted by Crippen LogP contribution is 2.15. The van der Waals surface area contributed by atoms with Crippen molar-refractivity contribution < 1.29 is 9.72 Å². The molecule has 14 heavy (non-hydrogen) atoms. The number of nitrogens with one attached hydrogen (secondary N) is 2. The number of imidazole rings is 1. The Morgan fingerprint density at radius 3 is 3.36 bits per heavy atom. The van der Waals surface area contributed by atoms with Crippen LogP contribution in [0.1, 0.15) is 0 Å². The molecule has 0 aromatic carbocycles. The molecule has 2 rings (SSSR count). The fourth-order valence-electron chi connectivity index (χ4n) is 1.11. The van der Waals surface area contributed by atoms with Gasteiger partial charge in [0.2, 0.25) is 0 Å². The maximum atomic E-state index is 5.53. The summed E-state index contributed by atoms with van der Waals surface area (Å²) < 4.78 is 5.34. The third-order valence-corrected chi connectivity index (χ3v) is 1.66. The number of aromatic amines is 2. The van der Waals surface area contributed by atoms with Crippen LogP contribution in [-0.2, 0) is 0 Å². The van der Waals surface area contributed by atoms with Crippen molar-refractivity contribution in [1.82, 2.24) is 15.0 Å². The number of fused-ring (bicyclic) bond motifs is 1. The minimum atomic E-state index is 0.267. The Labute approximate surface area is 79.8 Å². The van der Waals surface area contributed by atoms with E-state index in [-0.39, 0.29) is 5.95 Å². The first-order valence-electron chi connectivity index (χ1n) is 4.07. The molecule has 0 spiro atoms. The molecule has 0 unspecified atom stereocenters. The van der Waals surface area contributed by atoms with E-state index in [2.05, 4.69) is 26.5 Å². The lowest BCUT2D eigenvalue weighted by molar-refractivity contribution is -0.378. The predicted octanol–water partition coefficient (Wildman–Crippen LogP) is -0.0810. The van der Waals surface area contributed by atoms with Crippen molar-refractivity contribution in [1.29, 1.82) is 0 Å². The first-order valence-corrected chi connectivity index (χ1v) is 4.07. The van der Waals surface area contributed by atoms with Gasteiger partial charge in [-0.1, -0.05) is 12.7 Å². The summed E-state index contributed by atoms with van der Waals surface area (Å²) in [7, 11) is 0. The fourth-order valence-corrected chi connectivity index (χ4v) is 1.11. The summed E-state index contributed by atoms with van der Waals surface area (Å²) in [6.07, 6.45) is 3.18. The van der Waals surface area contributed by atoms with Crippen molar-refractivity contribution in [3.63, 3.8) is 0 Å². The number of ether oxygens (including phenoxy) is 1. The average molecular weight is 192 g/mol. The van der Waals surface area contributed by atoms with E-state index < -0.39 is 0 Å². The normalized spacial score (nSPS) is 10.3. The Hall–Kier alpha value is -2.11. The summed E-state index contributed by atoms with van der Waals surface area (Å²) >= 11 is 0. The van der Waals surface area contributed by atoms with Gasteiger partial charge >= 0.3 is 5.95 Å². The van der Waals surface area contributed by atoms with Gasteiger partial charge in [0.1, 0.15) is 6.61 Å². The van der Waals surface area contributed by atoms with Gasteiger partial charge in [0.25, 0.3) is 11.5 Å². The molecule has 0 saturated heterocycles. The predicted molar refractivity (Wildman–Crippen MR) is 50.5 cm³/mol. The molecule has 0 aliphatic carbocycles. The molecule has 2 heterocycles. The Morgan fingerprint density at radius 2 is 2.57 bits per heavy atom. The topological polar surface area (TPSA) is 91.0 Å². The second-order valence-corrected chi connectivity index (χ2v) is 2.65. The van der Waals surface area contributed by atoms with Gasteiger partial charge in [-0.2, -0.15) is 0 Å². The average Bonchev–Trinajstić information content (AvgIpc) is 2.61. The molecule has 6 heteroatoms. The molecule has 0 radical (unpaired) electrons. The van der Waals surface area contributed by atoms with Gasteiger partial charge in [-0.05, 0) is 4.98 Å². The van der Waals surface area contributed by atoms with Gasteiger partial charge < -0.3 is 9.72 Å². The van der Waals surface area contributed by atoms with Gasteiger partial charge in [0.05, 0.1) is 6.33 Å². The Kier molecular flexibility index (Phi) is 2.02. The monoisotopic (exact) mass is 192 g/mol. The van der Waals surface area contributed by atoms with Crippen LogP contribution in [0.4, 0.5) is 5.95 Å². The summed E-state index contributed by atoms with van der Waals surface area (Å²) in [6, 6.07) is 0. The van der Waals surface area contributed by atoms with Crippen molar-refractivity contribution in [3.05, 3.63) is 19.0 Å². The molecule has 2 aromatic heterocycles. The van der Waals surface area contributed by atoms with E-state index in [1.807, 2.05) is 0 Å². The van der Waals surface area contributed by atoms with E-state index in [0.29, 0.717) is 23.7 Å². The zero-order valence-electron chi connectivity index (χ0n) is 7.45. The molecule has 0 aliphatic heterocycles. The minimum absolute atomic E-state index is 0.267. The third kappa shape index (κ3) is 1.37. The SMILES string of the molecule is C=CCOc1[nH+]c(N)nc2nc[nH]c12. The highest BCUT2D eigenvalue weighted by atomic mass is 16.5. The lowest BCUT2D eigenvalue weighted by atomic mass is 10.5. The number of hydrogen-bond donors (Lipinski definition) is 2. The highest BCUT2D eigenvalue weighted by Gasteiger charge is 2.13. The maximum absolute atomic E-state index is 5.53. The van der Waals surface area contributed by atoms with Gasteiger partial charge in [-0.25, -0.2) is 9.97 Å². The largest absolute Gasteiger partial charge is 0.462 e. The van der Waals surface area contributed by atoms with E-state index in [4.69, 9.17) is 10.5 Å². The quantitative estimate of drug-likeness (QED) is 0.665. The summed E-state index contributed by atoms with van der Waals surface area (Å²) in [5.41, 5.74) is 6.75. The van der Waals surface area contributed by atoms with Gasteiger partial charge in [-0.15, -0.1) is 0 Å². The Balaban J connectivity index is 2.49. The number of H-pyrrole nitrogens is 2. The van der Waals surface area contributed by atoms with Crippen molar-refractivity contribution >= 4 is 17.1 Å². The van der Waals surface area contributed by atoms with Crippen LogP contribution in [0.25, 0.3) is 11.2 Å².